The minimum atomic E-state index is -0.246. The highest BCUT2D eigenvalue weighted by molar-refractivity contribution is 5.77. The topological polar surface area (TPSA) is 64.4 Å². The summed E-state index contributed by atoms with van der Waals surface area (Å²) in [5, 5.41) is 2.83. The van der Waals surface area contributed by atoms with Gasteiger partial charge in [-0.3, -0.25) is 4.79 Å². The molecule has 0 unspecified atom stereocenters. The van der Waals surface area contributed by atoms with Crippen LogP contribution in [-0.2, 0) is 4.79 Å². The Labute approximate surface area is 108 Å². The molecule has 0 radical (unpaired) electrons. The van der Waals surface area contributed by atoms with Crippen molar-refractivity contribution in [2.45, 2.75) is 31.2 Å². The van der Waals surface area contributed by atoms with Gasteiger partial charge in [0.2, 0.25) is 5.91 Å². The number of hydrogen-bond acceptors (Lipinski definition) is 3. The third kappa shape index (κ3) is 3.74. The summed E-state index contributed by atoms with van der Waals surface area (Å²) in [5.74, 6) is 0.842. The van der Waals surface area contributed by atoms with Crippen LogP contribution in [0.3, 0.4) is 0 Å². The van der Waals surface area contributed by atoms with Gasteiger partial charge in [-0.1, -0.05) is 18.2 Å². The maximum Gasteiger partial charge on any atom is 0.221 e. The van der Waals surface area contributed by atoms with Crippen LogP contribution in [0.15, 0.2) is 30.3 Å². The Balaban J connectivity index is 1.59. The molecule has 0 aliphatic heterocycles. The molecule has 3 N–H and O–H groups in total. The van der Waals surface area contributed by atoms with Gasteiger partial charge in [0.25, 0.3) is 0 Å². The summed E-state index contributed by atoms with van der Waals surface area (Å²) in [6, 6.07) is 9.56. The molecule has 18 heavy (non-hydrogen) atoms. The van der Waals surface area contributed by atoms with E-state index in [1.54, 1.807) is 0 Å². The van der Waals surface area contributed by atoms with Crippen LogP contribution >= 0.6 is 0 Å². The summed E-state index contributed by atoms with van der Waals surface area (Å²) in [7, 11) is 0. The van der Waals surface area contributed by atoms with Crippen molar-refractivity contribution in [3.8, 4) is 5.75 Å². The van der Waals surface area contributed by atoms with Crippen molar-refractivity contribution in [1.82, 2.24) is 5.32 Å². The lowest BCUT2D eigenvalue weighted by atomic mass is 9.75. The third-order valence-electron chi connectivity index (χ3n) is 3.30. The molecule has 1 saturated carbocycles. The van der Waals surface area contributed by atoms with E-state index in [9.17, 15) is 4.79 Å². The zero-order valence-electron chi connectivity index (χ0n) is 10.5. The Morgan fingerprint density at radius 3 is 2.67 bits per heavy atom. The van der Waals surface area contributed by atoms with E-state index < -0.39 is 0 Å². The quantitative estimate of drug-likeness (QED) is 0.749. The molecule has 1 aromatic rings. The maximum atomic E-state index is 11.6. The van der Waals surface area contributed by atoms with Gasteiger partial charge in [0.05, 0.1) is 6.54 Å². The number of hydrogen-bond donors (Lipinski definition) is 2. The van der Waals surface area contributed by atoms with Gasteiger partial charge in [-0.25, -0.2) is 0 Å². The number of benzene rings is 1. The van der Waals surface area contributed by atoms with Gasteiger partial charge in [0, 0.05) is 12.0 Å². The van der Waals surface area contributed by atoms with Gasteiger partial charge in [0.1, 0.15) is 12.4 Å². The molecule has 0 atom stereocenters. The third-order valence-corrected chi connectivity index (χ3v) is 3.30. The predicted octanol–water partition coefficient (Wildman–Crippen LogP) is 1.45. The summed E-state index contributed by atoms with van der Waals surface area (Å²) < 4.78 is 5.48. The Bertz CT molecular complexity index is 388. The lowest BCUT2D eigenvalue weighted by Gasteiger charge is -2.37. The molecule has 1 aromatic carbocycles. The SMILES string of the molecule is NC1(CC(=O)NCCOc2ccccc2)CCC1. The Morgan fingerprint density at radius 2 is 2.06 bits per heavy atom. The van der Waals surface area contributed by atoms with Crippen LogP contribution in [0.5, 0.6) is 5.75 Å². The second-order valence-corrected chi connectivity index (χ2v) is 4.90. The van der Waals surface area contributed by atoms with Crippen molar-refractivity contribution in [3.05, 3.63) is 30.3 Å². The molecule has 1 fully saturated rings. The zero-order valence-corrected chi connectivity index (χ0v) is 10.5. The van der Waals surface area contributed by atoms with Crippen molar-refractivity contribution >= 4 is 5.91 Å². The van der Waals surface area contributed by atoms with E-state index in [-0.39, 0.29) is 11.4 Å². The predicted molar refractivity (Wildman–Crippen MR) is 70.3 cm³/mol. The molecule has 0 bridgehead atoms. The van der Waals surface area contributed by atoms with Gasteiger partial charge >= 0.3 is 0 Å². The van der Waals surface area contributed by atoms with Gasteiger partial charge in [0.15, 0.2) is 0 Å². The number of ether oxygens (including phenoxy) is 1. The van der Waals surface area contributed by atoms with Crippen LogP contribution < -0.4 is 15.8 Å². The molecular weight excluding hydrogens is 228 g/mol. The highest BCUT2D eigenvalue weighted by Gasteiger charge is 2.34. The number of amides is 1. The van der Waals surface area contributed by atoms with Crippen LogP contribution in [0.1, 0.15) is 25.7 Å². The molecule has 1 amide bonds. The number of para-hydroxylation sites is 1. The highest BCUT2D eigenvalue weighted by Crippen LogP contribution is 2.31. The smallest absolute Gasteiger partial charge is 0.221 e. The lowest BCUT2D eigenvalue weighted by molar-refractivity contribution is -0.123. The van der Waals surface area contributed by atoms with E-state index in [0.717, 1.165) is 25.0 Å². The van der Waals surface area contributed by atoms with E-state index in [1.807, 2.05) is 30.3 Å². The molecule has 2 rings (SSSR count). The van der Waals surface area contributed by atoms with Crippen molar-refractivity contribution < 1.29 is 9.53 Å². The van der Waals surface area contributed by atoms with Crippen LogP contribution in [0.2, 0.25) is 0 Å². The summed E-state index contributed by atoms with van der Waals surface area (Å²) in [5.41, 5.74) is 5.76. The minimum Gasteiger partial charge on any atom is -0.492 e. The largest absolute Gasteiger partial charge is 0.492 e. The van der Waals surface area contributed by atoms with E-state index in [1.165, 1.54) is 0 Å². The van der Waals surface area contributed by atoms with E-state index in [0.29, 0.717) is 19.6 Å². The molecule has 4 nitrogen and oxygen atoms in total. The summed E-state index contributed by atoms with van der Waals surface area (Å²) in [6.45, 7) is 0.997. The zero-order chi connectivity index (χ0) is 12.8. The fourth-order valence-electron chi connectivity index (χ4n) is 2.07. The van der Waals surface area contributed by atoms with E-state index in [2.05, 4.69) is 5.32 Å². The highest BCUT2D eigenvalue weighted by atomic mass is 16.5. The normalized spacial score (nSPS) is 16.7. The van der Waals surface area contributed by atoms with Gasteiger partial charge in [-0.2, -0.15) is 0 Å². The molecule has 4 heteroatoms. The van der Waals surface area contributed by atoms with Crippen LogP contribution in [0.4, 0.5) is 0 Å². The lowest BCUT2D eigenvalue weighted by Crippen LogP contribution is -2.50. The fraction of sp³-hybridized carbons (Fsp3) is 0.500. The Morgan fingerprint density at radius 1 is 1.33 bits per heavy atom. The van der Waals surface area contributed by atoms with Gasteiger partial charge < -0.3 is 15.8 Å². The second kappa shape index (κ2) is 5.87. The Hall–Kier alpha value is -1.55. The standard InChI is InChI=1S/C14H20N2O2/c15-14(7-4-8-14)11-13(17)16-9-10-18-12-5-2-1-3-6-12/h1-3,5-6H,4,7-11,15H2,(H,16,17). The van der Waals surface area contributed by atoms with Crippen molar-refractivity contribution in [3.63, 3.8) is 0 Å². The van der Waals surface area contributed by atoms with Gasteiger partial charge in [-0.05, 0) is 31.4 Å². The van der Waals surface area contributed by atoms with E-state index >= 15 is 0 Å². The van der Waals surface area contributed by atoms with Crippen molar-refractivity contribution in [2.75, 3.05) is 13.2 Å². The second-order valence-electron chi connectivity index (χ2n) is 4.90. The number of carbonyl (C=O) groups excluding carboxylic acids is 1. The molecular formula is C14H20N2O2. The minimum absolute atomic E-state index is 0.0221. The Kier molecular flexibility index (Phi) is 4.20. The molecule has 98 valence electrons. The summed E-state index contributed by atoms with van der Waals surface area (Å²) in [6.07, 6.45) is 3.49. The number of rotatable bonds is 6. The van der Waals surface area contributed by atoms with Crippen LogP contribution in [0.25, 0.3) is 0 Å². The van der Waals surface area contributed by atoms with Crippen LogP contribution in [-0.4, -0.2) is 24.6 Å². The first-order valence-corrected chi connectivity index (χ1v) is 6.41. The number of carbonyl (C=O) groups is 1. The fourth-order valence-corrected chi connectivity index (χ4v) is 2.07. The summed E-state index contributed by atoms with van der Waals surface area (Å²) >= 11 is 0. The summed E-state index contributed by atoms with van der Waals surface area (Å²) in [4.78, 5) is 11.6. The monoisotopic (exact) mass is 248 g/mol. The maximum absolute atomic E-state index is 11.6. The first kappa shape index (κ1) is 12.9. The van der Waals surface area contributed by atoms with Gasteiger partial charge in [-0.15, -0.1) is 0 Å². The van der Waals surface area contributed by atoms with Crippen molar-refractivity contribution in [2.24, 2.45) is 5.73 Å². The molecule has 0 spiro atoms. The number of nitrogens with two attached hydrogens (primary N) is 1. The van der Waals surface area contributed by atoms with Crippen LogP contribution in [0, 0.1) is 0 Å². The first-order valence-electron chi connectivity index (χ1n) is 6.41. The average molecular weight is 248 g/mol. The van der Waals surface area contributed by atoms with E-state index in [4.69, 9.17) is 10.5 Å². The molecule has 1 aliphatic rings. The van der Waals surface area contributed by atoms with Crippen molar-refractivity contribution in [1.29, 1.82) is 0 Å². The average Bonchev–Trinajstić information content (AvgIpc) is 2.34. The molecule has 0 saturated heterocycles. The number of nitrogens with one attached hydrogen (secondary N) is 1. The molecule has 0 aromatic heterocycles. The first-order chi connectivity index (χ1) is 8.68. The molecule has 0 heterocycles. The molecule has 1 aliphatic carbocycles.